The van der Waals surface area contributed by atoms with E-state index in [-0.39, 0.29) is 0 Å². The van der Waals surface area contributed by atoms with E-state index >= 15 is 0 Å². The van der Waals surface area contributed by atoms with Gasteiger partial charge in [-0.2, -0.15) is 0 Å². The molecule has 0 saturated heterocycles. The maximum Gasteiger partial charge on any atom is -0.0219 e. The molecule has 0 unspecified atom stereocenters. The molecule has 1 aromatic carbocycles. The zero-order valence-corrected chi connectivity index (χ0v) is 12.8. The Morgan fingerprint density at radius 1 is 0.737 bits per heavy atom. The maximum absolute atomic E-state index is 2.20. The van der Waals surface area contributed by atoms with Crippen LogP contribution < -0.4 is 0 Å². The third-order valence-corrected chi connectivity index (χ3v) is 4.93. The van der Waals surface area contributed by atoms with Crippen molar-refractivity contribution >= 4 is 0 Å². The standard InChI is InChI=1S/C10H18.C9H12/c1-2-6-10-8-4-3-7-9(10)5-1;1-8(2)9-6-4-3-5-7-9/h9-10H,1-8H2;3-8H,1-2H3. The minimum absolute atomic E-state index is 0.659. The Hall–Kier alpha value is -0.780. The maximum atomic E-state index is 2.20. The quantitative estimate of drug-likeness (QED) is 0.564. The third kappa shape index (κ3) is 4.67. The molecule has 0 heterocycles. The molecule has 19 heavy (non-hydrogen) atoms. The minimum atomic E-state index is 0.659. The van der Waals surface area contributed by atoms with Crippen LogP contribution in [0.3, 0.4) is 0 Å². The van der Waals surface area contributed by atoms with E-state index in [0.29, 0.717) is 5.92 Å². The monoisotopic (exact) mass is 258 g/mol. The number of fused-ring (bicyclic) bond motifs is 1. The second kappa shape index (κ2) is 7.72. The normalized spacial score (nSPS) is 26.3. The van der Waals surface area contributed by atoms with E-state index in [9.17, 15) is 0 Å². The predicted molar refractivity (Wildman–Crippen MR) is 84.4 cm³/mol. The fourth-order valence-electron chi connectivity index (χ4n) is 3.70. The molecule has 2 aliphatic carbocycles. The van der Waals surface area contributed by atoms with Gasteiger partial charge in [0.1, 0.15) is 0 Å². The van der Waals surface area contributed by atoms with Gasteiger partial charge in [-0.3, -0.25) is 0 Å². The van der Waals surface area contributed by atoms with Crippen LogP contribution in [0, 0.1) is 11.8 Å². The first-order valence-corrected chi connectivity index (χ1v) is 8.32. The lowest BCUT2D eigenvalue weighted by Crippen LogP contribution is -2.22. The van der Waals surface area contributed by atoms with E-state index < -0.39 is 0 Å². The average molecular weight is 258 g/mol. The molecule has 0 radical (unpaired) electrons. The molecular formula is C19H30. The van der Waals surface area contributed by atoms with Crippen molar-refractivity contribution in [3.05, 3.63) is 35.9 Å². The number of hydrogen-bond acceptors (Lipinski definition) is 0. The van der Waals surface area contributed by atoms with Crippen LogP contribution in [0.25, 0.3) is 0 Å². The lowest BCUT2D eigenvalue weighted by atomic mass is 9.71. The van der Waals surface area contributed by atoms with Crippen molar-refractivity contribution in [1.82, 2.24) is 0 Å². The van der Waals surface area contributed by atoms with E-state index in [1.165, 1.54) is 31.2 Å². The molecular weight excluding hydrogens is 228 g/mol. The number of benzene rings is 1. The summed E-state index contributed by atoms with van der Waals surface area (Å²) in [6.45, 7) is 4.41. The molecule has 0 aliphatic heterocycles. The van der Waals surface area contributed by atoms with Crippen LogP contribution in [0.1, 0.15) is 76.7 Å². The van der Waals surface area contributed by atoms with Crippen molar-refractivity contribution in [2.45, 2.75) is 71.1 Å². The second-order valence-corrected chi connectivity index (χ2v) is 6.65. The molecule has 0 nitrogen and oxygen atoms in total. The zero-order valence-electron chi connectivity index (χ0n) is 12.8. The fourth-order valence-corrected chi connectivity index (χ4v) is 3.70. The van der Waals surface area contributed by atoms with Crippen molar-refractivity contribution in [2.24, 2.45) is 11.8 Å². The van der Waals surface area contributed by atoms with Gasteiger partial charge in [0.05, 0.1) is 0 Å². The second-order valence-electron chi connectivity index (χ2n) is 6.65. The topological polar surface area (TPSA) is 0 Å². The van der Waals surface area contributed by atoms with Gasteiger partial charge in [-0.25, -0.2) is 0 Å². The molecule has 1 aromatic rings. The van der Waals surface area contributed by atoms with Crippen LogP contribution >= 0.6 is 0 Å². The molecule has 2 aliphatic rings. The zero-order chi connectivity index (χ0) is 13.5. The van der Waals surface area contributed by atoms with E-state index in [1.54, 1.807) is 25.7 Å². The molecule has 0 spiro atoms. The van der Waals surface area contributed by atoms with E-state index in [0.717, 1.165) is 11.8 Å². The highest BCUT2D eigenvalue weighted by atomic mass is 14.3. The Morgan fingerprint density at radius 3 is 1.47 bits per heavy atom. The van der Waals surface area contributed by atoms with Gasteiger partial charge in [0, 0.05) is 0 Å². The van der Waals surface area contributed by atoms with Crippen LogP contribution in [0.2, 0.25) is 0 Å². The summed E-state index contributed by atoms with van der Waals surface area (Å²) in [5.41, 5.74) is 1.41. The Bertz CT molecular complexity index is 312. The highest BCUT2D eigenvalue weighted by Crippen LogP contribution is 2.39. The Labute approximate surface area is 119 Å². The van der Waals surface area contributed by atoms with Crippen LogP contribution in [0.5, 0.6) is 0 Å². The summed E-state index contributed by atoms with van der Waals surface area (Å²) in [7, 11) is 0. The first kappa shape index (κ1) is 14.6. The number of hydrogen-bond donors (Lipinski definition) is 0. The molecule has 0 N–H and O–H groups in total. The van der Waals surface area contributed by atoms with Gasteiger partial charge in [0.2, 0.25) is 0 Å². The van der Waals surface area contributed by atoms with Crippen molar-refractivity contribution in [3.63, 3.8) is 0 Å². The largest absolute Gasteiger partial charge is 0.0622 e. The van der Waals surface area contributed by atoms with Gasteiger partial charge in [-0.15, -0.1) is 0 Å². The van der Waals surface area contributed by atoms with Gasteiger partial charge in [0.25, 0.3) is 0 Å². The molecule has 2 fully saturated rings. The lowest BCUT2D eigenvalue weighted by molar-refractivity contribution is 0.171. The summed E-state index contributed by atoms with van der Waals surface area (Å²) in [6, 6.07) is 10.5. The fraction of sp³-hybridized carbons (Fsp3) is 0.684. The summed E-state index contributed by atoms with van der Waals surface area (Å²) < 4.78 is 0. The van der Waals surface area contributed by atoms with Crippen molar-refractivity contribution in [3.8, 4) is 0 Å². The van der Waals surface area contributed by atoms with Gasteiger partial charge in [-0.1, -0.05) is 95.5 Å². The third-order valence-electron chi connectivity index (χ3n) is 4.93. The molecule has 0 amide bonds. The summed E-state index contributed by atoms with van der Waals surface area (Å²) in [6.07, 6.45) is 12.4. The Balaban J connectivity index is 0.000000141. The summed E-state index contributed by atoms with van der Waals surface area (Å²) >= 11 is 0. The first-order valence-electron chi connectivity index (χ1n) is 8.32. The Morgan fingerprint density at radius 2 is 1.16 bits per heavy atom. The SMILES string of the molecule is C1CCC2CCCCC2C1.CC(C)c1ccccc1. The van der Waals surface area contributed by atoms with Gasteiger partial charge in [0.15, 0.2) is 0 Å². The first-order chi connectivity index (χ1) is 9.27. The molecule has 106 valence electrons. The predicted octanol–water partition coefficient (Wildman–Crippen LogP) is 6.18. The highest BCUT2D eigenvalue weighted by molar-refractivity contribution is 5.17. The summed E-state index contributed by atoms with van der Waals surface area (Å²) in [5, 5.41) is 0. The molecule has 0 aromatic heterocycles. The number of rotatable bonds is 1. The van der Waals surface area contributed by atoms with E-state index in [1.807, 2.05) is 6.07 Å². The van der Waals surface area contributed by atoms with Crippen LogP contribution in [0.15, 0.2) is 30.3 Å². The van der Waals surface area contributed by atoms with Gasteiger partial charge in [-0.05, 0) is 23.3 Å². The van der Waals surface area contributed by atoms with Gasteiger partial charge < -0.3 is 0 Å². The molecule has 0 heteroatoms. The van der Waals surface area contributed by atoms with Gasteiger partial charge >= 0.3 is 0 Å². The van der Waals surface area contributed by atoms with Crippen molar-refractivity contribution in [2.75, 3.05) is 0 Å². The molecule has 0 bridgehead atoms. The summed E-state index contributed by atoms with van der Waals surface area (Å²) in [4.78, 5) is 0. The highest BCUT2D eigenvalue weighted by Gasteiger charge is 2.26. The van der Waals surface area contributed by atoms with Crippen molar-refractivity contribution in [1.29, 1.82) is 0 Å². The smallest absolute Gasteiger partial charge is 0.0219 e. The van der Waals surface area contributed by atoms with Crippen molar-refractivity contribution < 1.29 is 0 Å². The molecule has 0 atom stereocenters. The van der Waals surface area contributed by atoms with E-state index in [4.69, 9.17) is 0 Å². The molecule has 2 saturated carbocycles. The minimum Gasteiger partial charge on any atom is -0.0622 e. The van der Waals surface area contributed by atoms with Crippen LogP contribution in [-0.2, 0) is 0 Å². The lowest BCUT2D eigenvalue weighted by Gasteiger charge is -2.35. The van der Waals surface area contributed by atoms with E-state index in [2.05, 4.69) is 38.1 Å². The van der Waals surface area contributed by atoms with Crippen LogP contribution in [-0.4, -0.2) is 0 Å². The van der Waals surface area contributed by atoms with Crippen LogP contribution in [0.4, 0.5) is 0 Å². The Kier molecular flexibility index (Phi) is 5.94. The molecule has 3 rings (SSSR count). The average Bonchev–Trinajstić information content (AvgIpc) is 2.49. The summed E-state index contributed by atoms with van der Waals surface area (Å²) in [5.74, 6) is 2.97.